The minimum atomic E-state index is -4.67. The highest BCUT2D eigenvalue weighted by Crippen LogP contribution is 2.39. The van der Waals surface area contributed by atoms with Gasteiger partial charge in [-0.05, 0) is 41.7 Å². The van der Waals surface area contributed by atoms with E-state index in [0.717, 1.165) is 36.8 Å². The summed E-state index contributed by atoms with van der Waals surface area (Å²) in [6, 6.07) is 3.82. The lowest BCUT2D eigenvalue weighted by Gasteiger charge is -2.29. The van der Waals surface area contributed by atoms with Gasteiger partial charge < -0.3 is 5.11 Å². The number of phenolic OH excluding ortho intramolecular Hbond substituents is 1. The van der Waals surface area contributed by atoms with E-state index in [2.05, 4.69) is 53.0 Å². The molecule has 1 amide bonds. The first-order valence-electron chi connectivity index (χ1n) is 9.72. The smallest absolute Gasteiger partial charge is 0.394 e. The zero-order valence-electron chi connectivity index (χ0n) is 18.2. The predicted octanol–water partition coefficient (Wildman–Crippen LogP) is 3.96. The molecule has 0 saturated heterocycles. The molecular weight excluding hydrogens is 396 g/mol. The van der Waals surface area contributed by atoms with Crippen molar-refractivity contribution < 1.29 is 27.4 Å². The maximum atomic E-state index is 12.1. The van der Waals surface area contributed by atoms with Gasteiger partial charge in [0.15, 0.2) is 0 Å². The van der Waals surface area contributed by atoms with Crippen LogP contribution in [0.3, 0.4) is 0 Å². The van der Waals surface area contributed by atoms with Gasteiger partial charge in [-0.1, -0.05) is 60.5 Å². The number of phenols is 1. The van der Waals surface area contributed by atoms with Crippen LogP contribution in [-0.4, -0.2) is 28.5 Å². The van der Waals surface area contributed by atoms with Crippen molar-refractivity contribution in [1.29, 1.82) is 0 Å². The highest BCUT2D eigenvalue weighted by Gasteiger charge is 2.28. The van der Waals surface area contributed by atoms with Crippen molar-refractivity contribution >= 4 is 16.3 Å². The Balaban J connectivity index is 0.00000139. The molecule has 0 radical (unpaired) electrons. The predicted molar refractivity (Wildman–Crippen MR) is 114 cm³/mol. The summed E-state index contributed by atoms with van der Waals surface area (Å²) in [6.45, 7) is 13.0. The Morgan fingerprint density at radius 1 is 1.21 bits per heavy atom. The van der Waals surface area contributed by atoms with Crippen LogP contribution in [0.1, 0.15) is 94.6 Å². The number of carbonyl (C=O) groups is 1. The maximum Gasteiger partial charge on any atom is 0.394 e. The third-order valence-corrected chi connectivity index (χ3v) is 5.00. The van der Waals surface area contributed by atoms with Crippen LogP contribution in [0, 0.1) is 5.92 Å². The molecule has 1 aromatic carbocycles. The van der Waals surface area contributed by atoms with Crippen LogP contribution < -0.4 is 11.3 Å². The van der Waals surface area contributed by atoms with Crippen LogP contribution in [0.4, 0.5) is 0 Å². The number of nitrogens with one attached hydrogen (secondary N) is 1. The molecule has 1 atom stereocenters. The summed E-state index contributed by atoms with van der Waals surface area (Å²) in [4.78, 5) is 12.1. The van der Waals surface area contributed by atoms with E-state index < -0.39 is 16.3 Å². The normalized spacial score (nSPS) is 12.9. The Bertz CT molecular complexity index is 767. The Morgan fingerprint density at radius 2 is 1.72 bits per heavy atom. The van der Waals surface area contributed by atoms with Crippen LogP contribution in [0.15, 0.2) is 12.1 Å². The van der Waals surface area contributed by atoms with E-state index in [-0.39, 0.29) is 16.7 Å². The highest BCUT2D eigenvalue weighted by atomic mass is 32.3. The number of hydrazine groups is 1. The minimum Gasteiger partial charge on any atom is -0.507 e. The van der Waals surface area contributed by atoms with Crippen LogP contribution in [0.5, 0.6) is 5.75 Å². The lowest BCUT2D eigenvalue weighted by molar-refractivity contribution is 0.0950. The Kier molecular flexibility index (Phi) is 10.8. The molecule has 6 N–H and O–H groups in total. The van der Waals surface area contributed by atoms with E-state index >= 15 is 0 Å². The van der Waals surface area contributed by atoms with E-state index in [1.54, 1.807) is 6.07 Å². The molecule has 9 heteroatoms. The van der Waals surface area contributed by atoms with Gasteiger partial charge in [0.05, 0.1) is 5.56 Å². The van der Waals surface area contributed by atoms with Gasteiger partial charge in [-0.25, -0.2) is 5.84 Å². The minimum absolute atomic E-state index is 0.0551. The Morgan fingerprint density at radius 3 is 2.14 bits per heavy atom. The zero-order valence-corrected chi connectivity index (χ0v) is 19.0. The summed E-state index contributed by atoms with van der Waals surface area (Å²) in [5.74, 6) is 5.89. The Hall–Kier alpha value is -1.68. The molecule has 0 aromatic heterocycles. The summed E-state index contributed by atoms with van der Waals surface area (Å²) in [6.07, 6.45) is 4.19. The van der Waals surface area contributed by atoms with Gasteiger partial charge in [0, 0.05) is 5.56 Å². The number of benzene rings is 1. The number of aromatic hydroxyl groups is 1. The molecule has 0 bridgehead atoms. The third-order valence-electron chi connectivity index (χ3n) is 5.00. The number of carbonyl (C=O) groups excluding carboxylic acids is 1. The monoisotopic (exact) mass is 432 g/mol. The Labute approximate surface area is 174 Å². The molecule has 8 nitrogen and oxygen atoms in total. The first-order valence-corrected chi connectivity index (χ1v) is 11.1. The van der Waals surface area contributed by atoms with E-state index in [0.29, 0.717) is 11.8 Å². The number of hydrogen-bond donors (Lipinski definition) is 5. The molecule has 0 saturated carbocycles. The van der Waals surface area contributed by atoms with Crippen molar-refractivity contribution in [2.24, 2.45) is 11.8 Å². The van der Waals surface area contributed by atoms with E-state index in [9.17, 15) is 9.90 Å². The maximum absolute atomic E-state index is 12.1. The summed E-state index contributed by atoms with van der Waals surface area (Å²) in [5, 5.41) is 10.7. The van der Waals surface area contributed by atoms with Crippen molar-refractivity contribution in [2.75, 3.05) is 0 Å². The second-order valence-corrected chi connectivity index (χ2v) is 9.26. The number of amides is 1. The number of nitrogens with two attached hydrogens (primary N) is 1. The second-order valence-electron chi connectivity index (χ2n) is 8.37. The number of hydrogen-bond acceptors (Lipinski definition) is 5. The fourth-order valence-corrected chi connectivity index (χ4v) is 3.03. The average molecular weight is 433 g/mol. The van der Waals surface area contributed by atoms with Gasteiger partial charge in [-0.3, -0.25) is 19.3 Å². The van der Waals surface area contributed by atoms with E-state index in [1.807, 2.05) is 0 Å². The molecule has 0 aliphatic rings. The quantitative estimate of drug-likeness (QED) is 0.180. The molecule has 1 rings (SSSR count). The molecule has 0 aliphatic heterocycles. The van der Waals surface area contributed by atoms with Gasteiger partial charge in [0.25, 0.3) is 5.91 Å². The SMILES string of the molecule is CCC(C)c1cc(C(=O)NN)c(O)c(C(C)(C)CCCC(C)C)c1.O=S(=O)(O)O. The van der Waals surface area contributed by atoms with Crippen molar-refractivity contribution in [3.05, 3.63) is 28.8 Å². The van der Waals surface area contributed by atoms with E-state index in [4.69, 9.17) is 23.4 Å². The lowest BCUT2D eigenvalue weighted by Crippen LogP contribution is -2.31. The molecule has 29 heavy (non-hydrogen) atoms. The van der Waals surface area contributed by atoms with Crippen LogP contribution in [-0.2, 0) is 15.8 Å². The molecule has 0 fully saturated rings. The lowest BCUT2D eigenvalue weighted by atomic mass is 9.76. The number of nitrogen functional groups attached to an aromatic ring is 1. The topological polar surface area (TPSA) is 150 Å². The fraction of sp³-hybridized carbons (Fsp3) is 0.650. The van der Waals surface area contributed by atoms with E-state index in [1.165, 1.54) is 0 Å². The summed E-state index contributed by atoms with van der Waals surface area (Å²) >= 11 is 0. The van der Waals surface area contributed by atoms with Crippen LogP contribution in [0.2, 0.25) is 0 Å². The third kappa shape index (κ3) is 10.1. The average Bonchev–Trinajstić information content (AvgIpc) is 2.58. The highest BCUT2D eigenvalue weighted by molar-refractivity contribution is 7.79. The molecule has 168 valence electrons. The van der Waals surface area contributed by atoms with Gasteiger partial charge in [0.1, 0.15) is 5.75 Å². The molecule has 0 heterocycles. The van der Waals surface area contributed by atoms with Gasteiger partial charge in [0.2, 0.25) is 0 Å². The largest absolute Gasteiger partial charge is 0.507 e. The van der Waals surface area contributed by atoms with Gasteiger partial charge >= 0.3 is 10.4 Å². The van der Waals surface area contributed by atoms with Gasteiger partial charge in [-0.15, -0.1) is 0 Å². The molecule has 1 aromatic rings. The van der Waals surface area contributed by atoms with Crippen LogP contribution in [0.25, 0.3) is 0 Å². The summed E-state index contributed by atoms with van der Waals surface area (Å²) in [7, 11) is -4.67. The summed E-state index contributed by atoms with van der Waals surface area (Å²) < 4.78 is 31.6. The molecular formula is C20H36N2O6S. The second kappa shape index (κ2) is 11.5. The number of rotatable bonds is 8. The standard InChI is InChI=1S/C20H34N2O2.H2O4S/c1-7-14(4)15-11-16(19(24)22-21)18(23)17(12-15)20(5,6)10-8-9-13(2)3;1-5(2,3)4/h11-14,23H,7-10,21H2,1-6H3,(H,22,24);(H2,1,2,3,4). The first-order chi connectivity index (χ1) is 13.1. The van der Waals surface area contributed by atoms with Crippen molar-refractivity contribution in [1.82, 2.24) is 5.43 Å². The van der Waals surface area contributed by atoms with Gasteiger partial charge in [-0.2, -0.15) is 8.42 Å². The zero-order chi connectivity index (χ0) is 23.0. The first kappa shape index (κ1) is 27.3. The molecule has 1 unspecified atom stereocenters. The summed E-state index contributed by atoms with van der Waals surface area (Å²) in [5.41, 5.74) is 4.11. The van der Waals surface area contributed by atoms with Crippen molar-refractivity contribution in [3.63, 3.8) is 0 Å². The molecule has 0 aliphatic carbocycles. The fourth-order valence-electron chi connectivity index (χ4n) is 3.03. The van der Waals surface area contributed by atoms with Crippen molar-refractivity contribution in [3.8, 4) is 5.75 Å². The molecule has 0 spiro atoms. The van der Waals surface area contributed by atoms with Crippen molar-refractivity contribution in [2.45, 2.75) is 78.6 Å². The van der Waals surface area contributed by atoms with Crippen LogP contribution >= 0.6 is 0 Å².